The summed E-state index contributed by atoms with van der Waals surface area (Å²) in [5.74, 6) is 0.633. The van der Waals surface area contributed by atoms with Gasteiger partial charge in [-0.2, -0.15) is 0 Å². The lowest BCUT2D eigenvalue weighted by atomic mass is 10.1. The van der Waals surface area contributed by atoms with Gasteiger partial charge in [0.2, 0.25) is 5.91 Å². The third kappa shape index (κ3) is 3.48. The Bertz CT molecular complexity index is 998. The Morgan fingerprint density at radius 1 is 1.22 bits per heavy atom. The summed E-state index contributed by atoms with van der Waals surface area (Å²) in [4.78, 5) is 31.6. The number of rotatable bonds is 6. The second kappa shape index (κ2) is 7.32. The summed E-state index contributed by atoms with van der Waals surface area (Å²) in [7, 11) is 0. The smallest absolute Gasteiger partial charge is 0.233 e. The van der Waals surface area contributed by atoms with E-state index in [0.717, 1.165) is 16.9 Å². The van der Waals surface area contributed by atoms with E-state index in [0.29, 0.717) is 22.9 Å². The van der Waals surface area contributed by atoms with E-state index in [-0.39, 0.29) is 24.7 Å². The molecule has 0 aliphatic carbocycles. The fraction of sp³-hybridized carbons (Fsp3) is 0.190. The lowest BCUT2D eigenvalue weighted by Crippen LogP contribution is -2.32. The zero-order valence-corrected chi connectivity index (χ0v) is 15.7. The summed E-state index contributed by atoms with van der Waals surface area (Å²) in [5.41, 5.74) is 3.27. The van der Waals surface area contributed by atoms with Gasteiger partial charge in [0.05, 0.1) is 35.8 Å². The number of benzene rings is 1. The largest absolute Gasteiger partial charge is 0.494 e. The first-order valence-corrected chi connectivity index (χ1v) is 9.63. The number of ether oxygens (including phenoxy) is 1. The first kappa shape index (κ1) is 17.4. The van der Waals surface area contributed by atoms with Crippen molar-refractivity contribution in [1.29, 1.82) is 0 Å². The van der Waals surface area contributed by atoms with Gasteiger partial charge < -0.3 is 9.64 Å². The minimum absolute atomic E-state index is 0.0382. The van der Waals surface area contributed by atoms with E-state index in [1.165, 1.54) is 11.3 Å². The highest BCUT2D eigenvalue weighted by atomic mass is 32.1. The molecule has 3 heterocycles. The molecule has 4 rings (SSSR count). The van der Waals surface area contributed by atoms with Crippen LogP contribution in [-0.4, -0.2) is 29.8 Å². The van der Waals surface area contributed by atoms with Crippen LogP contribution in [0, 0.1) is 0 Å². The molecular formula is C21H18N2O3S. The molecule has 0 unspecified atom stereocenters. The van der Waals surface area contributed by atoms with Crippen LogP contribution < -0.4 is 9.64 Å². The van der Waals surface area contributed by atoms with Crippen LogP contribution in [0.5, 0.6) is 5.75 Å². The maximum atomic E-state index is 12.5. The molecule has 6 heteroatoms. The molecule has 0 N–H and O–H groups in total. The Morgan fingerprint density at radius 2 is 2.11 bits per heavy atom. The summed E-state index contributed by atoms with van der Waals surface area (Å²) in [6.07, 6.45) is 1.99. The highest BCUT2D eigenvalue weighted by Crippen LogP contribution is 2.33. The second-order valence-corrected chi connectivity index (χ2v) is 7.16. The van der Waals surface area contributed by atoms with E-state index in [9.17, 15) is 9.59 Å². The number of ketones is 1. The van der Waals surface area contributed by atoms with Crippen molar-refractivity contribution >= 4 is 28.7 Å². The first-order chi connectivity index (χ1) is 13.2. The van der Waals surface area contributed by atoms with E-state index in [4.69, 9.17) is 4.74 Å². The van der Waals surface area contributed by atoms with Gasteiger partial charge in [0, 0.05) is 11.8 Å². The maximum Gasteiger partial charge on any atom is 0.233 e. The SMILES string of the molecule is CCOc1cccc(-c2cnc3c(c2)N(CC(=O)c2cccs2)C(=O)C3)c1. The zero-order valence-electron chi connectivity index (χ0n) is 14.8. The van der Waals surface area contributed by atoms with E-state index in [2.05, 4.69) is 4.98 Å². The molecule has 1 aliphatic heterocycles. The van der Waals surface area contributed by atoms with Gasteiger partial charge in [0.1, 0.15) is 5.75 Å². The molecule has 0 saturated carbocycles. The molecule has 0 saturated heterocycles. The summed E-state index contributed by atoms with van der Waals surface area (Å²) in [5, 5.41) is 1.86. The molecule has 0 atom stereocenters. The Labute approximate surface area is 161 Å². The Balaban J connectivity index is 1.64. The van der Waals surface area contributed by atoms with Gasteiger partial charge in [-0.25, -0.2) is 0 Å². The van der Waals surface area contributed by atoms with Crippen molar-refractivity contribution in [2.45, 2.75) is 13.3 Å². The van der Waals surface area contributed by atoms with Gasteiger partial charge in [-0.1, -0.05) is 18.2 Å². The molecule has 0 radical (unpaired) electrons. The molecule has 27 heavy (non-hydrogen) atoms. The van der Waals surface area contributed by atoms with Crippen molar-refractivity contribution in [2.75, 3.05) is 18.1 Å². The highest BCUT2D eigenvalue weighted by Gasteiger charge is 2.30. The van der Waals surface area contributed by atoms with Crippen LogP contribution >= 0.6 is 11.3 Å². The molecule has 2 aromatic heterocycles. The summed E-state index contributed by atoms with van der Waals surface area (Å²) in [6, 6.07) is 13.3. The molecule has 0 bridgehead atoms. The van der Waals surface area contributed by atoms with Crippen LogP contribution in [-0.2, 0) is 11.2 Å². The lowest BCUT2D eigenvalue weighted by Gasteiger charge is -2.16. The number of Topliss-reactive ketones (excluding diaryl/α,β-unsaturated/α-hetero) is 1. The number of carbonyl (C=O) groups excluding carboxylic acids is 2. The Kier molecular flexibility index (Phi) is 4.73. The predicted octanol–water partition coefficient (Wildman–Crippen LogP) is 3.98. The molecule has 1 aromatic carbocycles. The van der Waals surface area contributed by atoms with Crippen molar-refractivity contribution in [3.8, 4) is 16.9 Å². The minimum Gasteiger partial charge on any atom is -0.494 e. The third-order valence-electron chi connectivity index (χ3n) is 4.43. The first-order valence-electron chi connectivity index (χ1n) is 8.75. The van der Waals surface area contributed by atoms with Gasteiger partial charge in [0.15, 0.2) is 5.78 Å². The summed E-state index contributed by atoms with van der Waals surface area (Å²) in [6.45, 7) is 2.58. The topological polar surface area (TPSA) is 59.5 Å². The average molecular weight is 378 g/mol. The number of nitrogens with zero attached hydrogens (tertiary/aromatic N) is 2. The maximum absolute atomic E-state index is 12.5. The molecular weight excluding hydrogens is 360 g/mol. The number of hydrogen-bond acceptors (Lipinski definition) is 5. The van der Waals surface area contributed by atoms with E-state index < -0.39 is 0 Å². The van der Waals surface area contributed by atoms with Gasteiger partial charge in [0.25, 0.3) is 0 Å². The number of carbonyl (C=O) groups is 2. The fourth-order valence-electron chi connectivity index (χ4n) is 3.15. The number of thiophene rings is 1. The zero-order chi connectivity index (χ0) is 18.8. The van der Waals surface area contributed by atoms with Gasteiger partial charge in [-0.15, -0.1) is 11.3 Å². The van der Waals surface area contributed by atoms with Crippen LogP contribution in [0.2, 0.25) is 0 Å². The second-order valence-electron chi connectivity index (χ2n) is 6.21. The van der Waals surface area contributed by atoms with Crippen molar-refractivity contribution in [3.63, 3.8) is 0 Å². The van der Waals surface area contributed by atoms with Crippen molar-refractivity contribution in [3.05, 3.63) is 64.6 Å². The number of hydrogen-bond donors (Lipinski definition) is 0. The number of pyridine rings is 1. The van der Waals surface area contributed by atoms with Crippen LogP contribution in [0.15, 0.2) is 54.0 Å². The average Bonchev–Trinajstić information content (AvgIpc) is 3.31. The van der Waals surface area contributed by atoms with E-state index in [1.54, 1.807) is 17.2 Å². The quantitative estimate of drug-likeness (QED) is 0.609. The van der Waals surface area contributed by atoms with Crippen LogP contribution in [0.3, 0.4) is 0 Å². The standard InChI is InChI=1S/C21H18N2O3S/c1-2-26-16-6-3-5-14(9-16)15-10-18-17(22-12-15)11-21(25)23(18)13-19(24)20-7-4-8-27-20/h3-10,12H,2,11,13H2,1H3. The Morgan fingerprint density at radius 3 is 2.89 bits per heavy atom. The minimum atomic E-state index is -0.0948. The van der Waals surface area contributed by atoms with Crippen LogP contribution in [0.25, 0.3) is 11.1 Å². The van der Waals surface area contributed by atoms with Gasteiger partial charge >= 0.3 is 0 Å². The number of amides is 1. The molecule has 0 fully saturated rings. The van der Waals surface area contributed by atoms with Crippen molar-refractivity contribution in [2.24, 2.45) is 0 Å². The predicted molar refractivity (Wildman–Crippen MR) is 106 cm³/mol. The molecule has 0 spiro atoms. The molecule has 3 aromatic rings. The van der Waals surface area contributed by atoms with Crippen LogP contribution in [0.4, 0.5) is 5.69 Å². The fourth-order valence-corrected chi connectivity index (χ4v) is 3.80. The summed E-state index contributed by atoms with van der Waals surface area (Å²) >= 11 is 1.39. The monoisotopic (exact) mass is 378 g/mol. The lowest BCUT2D eigenvalue weighted by molar-refractivity contribution is -0.117. The normalized spacial score (nSPS) is 12.9. The van der Waals surface area contributed by atoms with Crippen LogP contribution in [0.1, 0.15) is 22.3 Å². The third-order valence-corrected chi connectivity index (χ3v) is 5.34. The molecule has 136 valence electrons. The van der Waals surface area contributed by atoms with Crippen molar-refractivity contribution < 1.29 is 14.3 Å². The number of fused-ring (bicyclic) bond motifs is 1. The van der Waals surface area contributed by atoms with Crippen molar-refractivity contribution in [1.82, 2.24) is 4.98 Å². The van der Waals surface area contributed by atoms with E-state index in [1.807, 2.05) is 48.7 Å². The number of anilines is 1. The molecule has 5 nitrogen and oxygen atoms in total. The Hall–Kier alpha value is -2.99. The molecule has 1 amide bonds. The highest BCUT2D eigenvalue weighted by molar-refractivity contribution is 7.12. The van der Waals surface area contributed by atoms with E-state index >= 15 is 0 Å². The molecule has 1 aliphatic rings. The van der Waals surface area contributed by atoms with Gasteiger partial charge in [-0.05, 0) is 42.1 Å². The summed E-state index contributed by atoms with van der Waals surface area (Å²) < 4.78 is 5.56. The van der Waals surface area contributed by atoms with Gasteiger partial charge in [-0.3, -0.25) is 14.6 Å². The number of aromatic nitrogens is 1.